The molecule has 3 heteroatoms. The number of para-hydroxylation sites is 2. The van der Waals surface area contributed by atoms with Crippen LogP contribution in [0.15, 0.2) is 65.4 Å². The lowest BCUT2D eigenvalue weighted by Gasteiger charge is -2.25. The molecule has 1 atom stereocenters. The lowest BCUT2D eigenvalue weighted by molar-refractivity contribution is 0.0752. The van der Waals surface area contributed by atoms with Gasteiger partial charge in [0.05, 0.1) is 12.6 Å². The van der Waals surface area contributed by atoms with E-state index in [1.165, 1.54) is 5.56 Å². The third-order valence-corrected chi connectivity index (χ3v) is 3.94. The molecule has 3 nitrogen and oxygen atoms in total. The first-order valence-corrected chi connectivity index (χ1v) is 6.76. The number of nitrogens with zero attached hydrogens (tertiary/aromatic N) is 2. The summed E-state index contributed by atoms with van der Waals surface area (Å²) in [5, 5.41) is 0. The normalized spacial score (nSPS) is 22.4. The maximum absolute atomic E-state index is 6.36. The Balaban J connectivity index is 1.85. The Morgan fingerprint density at radius 1 is 1.05 bits per heavy atom. The van der Waals surface area contributed by atoms with Gasteiger partial charge in [-0.15, -0.1) is 0 Å². The Bertz CT molecular complexity index is 748. The van der Waals surface area contributed by atoms with Crippen molar-refractivity contribution in [3.05, 3.63) is 71.6 Å². The Labute approximate surface area is 118 Å². The molecular formula is C17H15N2O+. The topological polar surface area (TPSA) is 21.6 Å². The number of allylic oxidation sites excluding steroid dienone is 1. The van der Waals surface area contributed by atoms with Crippen molar-refractivity contribution in [3.8, 4) is 5.75 Å². The van der Waals surface area contributed by atoms with Gasteiger partial charge >= 0.3 is 0 Å². The lowest BCUT2D eigenvalue weighted by atomic mass is 10.1. The van der Waals surface area contributed by atoms with E-state index in [1.807, 2.05) is 30.7 Å². The van der Waals surface area contributed by atoms with Gasteiger partial charge in [0.1, 0.15) is 0 Å². The van der Waals surface area contributed by atoms with Crippen molar-refractivity contribution in [2.75, 3.05) is 0 Å². The first kappa shape index (κ1) is 11.4. The van der Waals surface area contributed by atoms with E-state index < -0.39 is 0 Å². The molecule has 0 N–H and O–H groups in total. The van der Waals surface area contributed by atoms with Crippen molar-refractivity contribution in [3.63, 3.8) is 0 Å². The largest absolute Gasteiger partial charge is 0.298 e. The third-order valence-electron chi connectivity index (χ3n) is 3.94. The molecule has 0 bridgehead atoms. The van der Waals surface area contributed by atoms with E-state index in [9.17, 15) is 0 Å². The Kier molecular flexibility index (Phi) is 2.32. The van der Waals surface area contributed by atoms with Crippen LogP contribution < -0.4 is 9.48 Å². The molecule has 1 unspecified atom stereocenters. The fraction of sp³-hybridized carbons (Fsp3) is 0.118. The summed E-state index contributed by atoms with van der Waals surface area (Å²) in [6.45, 7) is 2.06. The molecule has 0 fully saturated rings. The second-order valence-corrected chi connectivity index (χ2v) is 5.21. The summed E-state index contributed by atoms with van der Waals surface area (Å²) in [5.74, 6) is 0.892. The van der Waals surface area contributed by atoms with Gasteiger partial charge in [-0.3, -0.25) is 4.84 Å². The monoisotopic (exact) mass is 263 g/mol. The Morgan fingerprint density at radius 3 is 2.75 bits per heavy atom. The smallest absolute Gasteiger partial charge is 0.243 e. The lowest BCUT2D eigenvalue weighted by Crippen LogP contribution is -2.46. The van der Waals surface area contributed by atoms with Crippen molar-refractivity contribution >= 4 is 12.0 Å². The number of hydroxylamine groups is 2. The summed E-state index contributed by atoms with van der Waals surface area (Å²) in [5.41, 5.74) is 4.75. The van der Waals surface area contributed by atoms with Crippen LogP contribution in [0.25, 0.3) is 0 Å². The first-order chi connectivity index (χ1) is 9.79. The van der Waals surface area contributed by atoms with E-state index in [2.05, 4.69) is 42.2 Å². The number of rotatable bonds is 2. The number of benzene rings is 2. The number of quaternary nitrogens is 1. The predicted molar refractivity (Wildman–Crippen MR) is 80.3 cm³/mol. The van der Waals surface area contributed by atoms with Gasteiger partial charge in [0.25, 0.3) is 0 Å². The van der Waals surface area contributed by atoms with Crippen LogP contribution in [-0.4, -0.2) is 6.34 Å². The summed E-state index contributed by atoms with van der Waals surface area (Å²) in [6, 6.07) is 16.5. The van der Waals surface area contributed by atoms with Crippen molar-refractivity contribution < 1.29 is 4.84 Å². The highest BCUT2D eigenvalue weighted by molar-refractivity contribution is 5.83. The van der Waals surface area contributed by atoms with Crippen LogP contribution in [0, 0.1) is 6.92 Å². The predicted octanol–water partition coefficient (Wildman–Crippen LogP) is 3.74. The standard InChI is InChI=1S/C17H15N2O/c1-13-6-2-5-9-17(13)20-19-12-18-11-15(19)10-14-7-3-4-8-16(14)19/h2-9,11-12H,10H2,1H3/q+1. The zero-order valence-corrected chi connectivity index (χ0v) is 11.3. The van der Waals surface area contributed by atoms with Crippen LogP contribution in [0.1, 0.15) is 11.1 Å². The molecule has 0 saturated heterocycles. The summed E-state index contributed by atoms with van der Waals surface area (Å²) >= 11 is 0. The minimum atomic E-state index is 0.279. The summed E-state index contributed by atoms with van der Waals surface area (Å²) < 4.78 is 0.279. The molecule has 0 saturated carbocycles. The second-order valence-electron chi connectivity index (χ2n) is 5.21. The molecule has 0 radical (unpaired) electrons. The summed E-state index contributed by atoms with van der Waals surface area (Å²) in [6.07, 6.45) is 4.67. The fourth-order valence-electron chi connectivity index (χ4n) is 2.88. The van der Waals surface area contributed by atoms with Crippen LogP contribution in [0.2, 0.25) is 0 Å². The minimum absolute atomic E-state index is 0.279. The number of aliphatic imine (C=N–C) groups is 1. The van der Waals surface area contributed by atoms with Crippen molar-refractivity contribution in [1.29, 1.82) is 0 Å². The van der Waals surface area contributed by atoms with Crippen molar-refractivity contribution in [2.45, 2.75) is 13.3 Å². The maximum atomic E-state index is 6.36. The number of fused-ring (bicyclic) bond motifs is 3. The highest BCUT2D eigenvalue weighted by Gasteiger charge is 2.49. The zero-order chi connectivity index (χ0) is 13.6. The molecule has 0 amide bonds. The average molecular weight is 263 g/mol. The molecule has 2 aromatic rings. The molecule has 2 heterocycles. The molecule has 0 aliphatic carbocycles. The molecular weight excluding hydrogens is 248 g/mol. The Morgan fingerprint density at radius 2 is 1.85 bits per heavy atom. The molecule has 0 spiro atoms. The minimum Gasteiger partial charge on any atom is -0.298 e. The van der Waals surface area contributed by atoms with Crippen molar-refractivity contribution in [2.24, 2.45) is 4.99 Å². The number of hydrogen-bond donors (Lipinski definition) is 0. The molecule has 4 rings (SSSR count). The molecule has 2 aliphatic rings. The fourth-order valence-corrected chi connectivity index (χ4v) is 2.88. The van der Waals surface area contributed by atoms with Crippen LogP contribution >= 0.6 is 0 Å². The first-order valence-electron chi connectivity index (χ1n) is 6.76. The Hall–Kier alpha value is -2.39. The number of hydrogen-bond acceptors (Lipinski definition) is 2. The SMILES string of the molecule is Cc1ccccc1O[N+]12C=NC=C1Cc1ccccc12. The molecule has 20 heavy (non-hydrogen) atoms. The van der Waals surface area contributed by atoms with Gasteiger partial charge in [-0.1, -0.05) is 36.4 Å². The van der Waals surface area contributed by atoms with Crippen LogP contribution in [0.5, 0.6) is 5.75 Å². The van der Waals surface area contributed by atoms with E-state index in [0.29, 0.717) is 0 Å². The van der Waals surface area contributed by atoms with Gasteiger partial charge < -0.3 is 0 Å². The molecule has 98 valence electrons. The molecule has 2 aromatic carbocycles. The highest BCUT2D eigenvalue weighted by Crippen LogP contribution is 2.43. The van der Waals surface area contributed by atoms with Gasteiger partial charge in [0.15, 0.2) is 17.1 Å². The van der Waals surface area contributed by atoms with Crippen LogP contribution in [0.3, 0.4) is 0 Å². The third kappa shape index (κ3) is 1.47. The van der Waals surface area contributed by atoms with Gasteiger partial charge in [-0.2, -0.15) is 0 Å². The van der Waals surface area contributed by atoms with E-state index in [4.69, 9.17) is 4.84 Å². The van der Waals surface area contributed by atoms with Gasteiger partial charge in [0, 0.05) is 11.6 Å². The maximum Gasteiger partial charge on any atom is 0.243 e. The van der Waals surface area contributed by atoms with Gasteiger partial charge in [0.2, 0.25) is 6.34 Å². The van der Waals surface area contributed by atoms with E-state index in [0.717, 1.165) is 29.1 Å². The zero-order valence-electron chi connectivity index (χ0n) is 11.3. The van der Waals surface area contributed by atoms with E-state index in [-0.39, 0.29) is 4.65 Å². The van der Waals surface area contributed by atoms with E-state index in [1.54, 1.807) is 0 Å². The van der Waals surface area contributed by atoms with Gasteiger partial charge in [-0.05, 0) is 23.2 Å². The quantitative estimate of drug-likeness (QED) is 0.756. The van der Waals surface area contributed by atoms with Gasteiger partial charge in [-0.25, -0.2) is 4.99 Å². The van der Waals surface area contributed by atoms with Crippen LogP contribution in [-0.2, 0) is 6.42 Å². The van der Waals surface area contributed by atoms with Crippen LogP contribution in [0.4, 0.5) is 5.69 Å². The van der Waals surface area contributed by atoms with E-state index >= 15 is 0 Å². The number of aryl methyl sites for hydroxylation is 1. The summed E-state index contributed by atoms with van der Waals surface area (Å²) in [7, 11) is 0. The molecule has 0 aromatic heterocycles. The average Bonchev–Trinajstić information content (AvgIpc) is 2.97. The summed E-state index contributed by atoms with van der Waals surface area (Å²) in [4.78, 5) is 10.7. The molecule has 2 aliphatic heterocycles. The second kappa shape index (κ2) is 4.05. The van der Waals surface area contributed by atoms with Crippen molar-refractivity contribution in [1.82, 2.24) is 4.65 Å². The highest BCUT2D eigenvalue weighted by atomic mass is 16.7.